The molecule has 2 aliphatic carbocycles. The summed E-state index contributed by atoms with van der Waals surface area (Å²) >= 11 is 0. The topological polar surface area (TPSA) is 61.8 Å². The van der Waals surface area contributed by atoms with Crippen LogP contribution in [-0.4, -0.2) is 21.0 Å². The second kappa shape index (κ2) is 8.83. The number of hydrogen-bond acceptors (Lipinski definition) is 3. The zero-order valence-electron chi connectivity index (χ0n) is 20.9. The third-order valence-corrected chi connectivity index (χ3v) is 8.34. The number of rotatable bonds is 3. The Kier molecular flexibility index (Phi) is 5.58. The van der Waals surface area contributed by atoms with Gasteiger partial charge in [-0.1, -0.05) is 62.4 Å². The van der Waals surface area contributed by atoms with Gasteiger partial charge in [0.2, 0.25) is 0 Å². The van der Waals surface area contributed by atoms with Crippen molar-refractivity contribution in [2.45, 2.75) is 38.2 Å². The van der Waals surface area contributed by atoms with E-state index in [1.807, 2.05) is 35.9 Å². The molecule has 1 aromatic heterocycles. The summed E-state index contributed by atoms with van der Waals surface area (Å²) in [6.07, 6.45) is 2.88. The molecule has 1 N–H and O–H groups in total. The Balaban J connectivity index is 1.56. The van der Waals surface area contributed by atoms with Crippen LogP contribution in [0.4, 0.5) is 4.39 Å². The lowest BCUT2D eigenvalue weighted by molar-refractivity contribution is 0.0664. The molecule has 0 bridgehead atoms. The summed E-state index contributed by atoms with van der Waals surface area (Å²) in [5.41, 5.74) is 6.99. The lowest BCUT2D eigenvalue weighted by atomic mass is 9.57. The molecule has 0 amide bonds. The first kappa shape index (κ1) is 23.4. The first-order chi connectivity index (χ1) is 17.9. The smallest absolute Gasteiger partial charge is 0.123 e. The molecule has 4 nitrogen and oxygen atoms in total. The quantitative estimate of drug-likeness (QED) is 0.352. The number of nitriles is 1. The van der Waals surface area contributed by atoms with Gasteiger partial charge in [-0.25, -0.2) is 9.07 Å². The van der Waals surface area contributed by atoms with E-state index in [-0.39, 0.29) is 17.7 Å². The van der Waals surface area contributed by atoms with Crippen LogP contribution in [0.15, 0.2) is 90.5 Å². The molecule has 0 saturated carbocycles. The number of aliphatic hydroxyl groups is 1. The number of hydrogen-bond donors (Lipinski definition) is 1. The molecule has 184 valence electrons. The molecular formula is C32H28FN3O. The maximum atomic E-state index is 13.7. The maximum Gasteiger partial charge on any atom is 0.123 e. The highest BCUT2D eigenvalue weighted by Crippen LogP contribution is 2.53. The van der Waals surface area contributed by atoms with Crippen molar-refractivity contribution in [2.75, 3.05) is 0 Å². The van der Waals surface area contributed by atoms with Gasteiger partial charge >= 0.3 is 0 Å². The van der Waals surface area contributed by atoms with Gasteiger partial charge in [-0.15, -0.1) is 0 Å². The highest BCUT2D eigenvalue weighted by molar-refractivity contribution is 5.69. The van der Waals surface area contributed by atoms with Gasteiger partial charge < -0.3 is 5.11 Å². The number of aromatic nitrogens is 2. The summed E-state index contributed by atoms with van der Waals surface area (Å²) in [5, 5.41) is 25.8. The molecule has 0 saturated heterocycles. The lowest BCUT2D eigenvalue weighted by Gasteiger charge is -2.47. The molecule has 6 rings (SSSR count). The van der Waals surface area contributed by atoms with Gasteiger partial charge in [0.15, 0.2) is 0 Å². The van der Waals surface area contributed by atoms with Crippen molar-refractivity contribution < 1.29 is 9.50 Å². The molecule has 0 spiro atoms. The van der Waals surface area contributed by atoms with Gasteiger partial charge in [-0.2, -0.15) is 10.4 Å². The lowest BCUT2D eigenvalue weighted by Crippen LogP contribution is -2.47. The van der Waals surface area contributed by atoms with Crippen LogP contribution in [0.1, 0.15) is 31.5 Å². The average Bonchev–Trinajstić information content (AvgIpc) is 3.33. The highest BCUT2D eigenvalue weighted by Gasteiger charge is 2.50. The largest absolute Gasteiger partial charge is 0.387 e. The molecule has 4 aromatic rings. The first-order valence-electron chi connectivity index (χ1n) is 12.8. The van der Waals surface area contributed by atoms with E-state index in [9.17, 15) is 14.8 Å². The Hall–Kier alpha value is -4.01. The second-order valence-electron chi connectivity index (χ2n) is 10.5. The van der Waals surface area contributed by atoms with E-state index in [1.165, 1.54) is 12.1 Å². The van der Waals surface area contributed by atoms with E-state index in [2.05, 4.69) is 49.4 Å². The Morgan fingerprint density at radius 3 is 2.30 bits per heavy atom. The number of aliphatic hydroxyl groups excluding tert-OH is 1. The van der Waals surface area contributed by atoms with Crippen LogP contribution in [0.3, 0.4) is 0 Å². The zero-order valence-corrected chi connectivity index (χ0v) is 20.9. The first-order valence-corrected chi connectivity index (χ1v) is 12.8. The van der Waals surface area contributed by atoms with Crippen molar-refractivity contribution >= 4 is 0 Å². The SMILES string of the molecule is C[C@H]1C(O)C(C#N)=C[C@@]2(C)c3c(c(-c4ccc(F)cc4)nn3-c3ccc(-c4ccccc4)cc3)CC[C@H]12. The fourth-order valence-electron chi connectivity index (χ4n) is 6.46. The minimum Gasteiger partial charge on any atom is -0.387 e. The van der Waals surface area contributed by atoms with Gasteiger partial charge in [0.1, 0.15) is 5.82 Å². The van der Waals surface area contributed by atoms with E-state index < -0.39 is 11.5 Å². The summed E-state index contributed by atoms with van der Waals surface area (Å²) in [6.45, 7) is 4.21. The molecule has 4 atom stereocenters. The molecule has 1 unspecified atom stereocenters. The second-order valence-corrected chi connectivity index (χ2v) is 10.5. The standard InChI is InChI=1S/C32H28FN3O/c1-20-28-17-16-27-29(23-8-12-25(33)13-9-23)35-36(31(27)32(28,2)18-24(19-34)30(20)37)26-14-10-22(11-15-26)21-6-4-3-5-7-21/h3-15,18,20,28,30,37H,16-17H2,1-2H3/t20-,28-,30?,32-/m1/s1. The van der Waals surface area contributed by atoms with E-state index in [0.717, 1.165) is 52.2 Å². The number of nitrogens with zero attached hydrogens (tertiary/aromatic N) is 3. The number of halogens is 1. The van der Waals surface area contributed by atoms with Crippen LogP contribution in [-0.2, 0) is 11.8 Å². The molecule has 0 radical (unpaired) electrons. The summed E-state index contributed by atoms with van der Waals surface area (Å²) in [4.78, 5) is 0. The van der Waals surface area contributed by atoms with Gasteiger partial charge in [0.25, 0.3) is 0 Å². The van der Waals surface area contributed by atoms with Crippen molar-refractivity contribution in [1.82, 2.24) is 9.78 Å². The molecule has 0 fully saturated rings. The van der Waals surface area contributed by atoms with Crippen molar-refractivity contribution in [1.29, 1.82) is 5.26 Å². The van der Waals surface area contributed by atoms with Crippen LogP contribution in [0, 0.1) is 29.0 Å². The van der Waals surface area contributed by atoms with E-state index in [1.54, 1.807) is 12.1 Å². The minimum absolute atomic E-state index is 0.0594. The van der Waals surface area contributed by atoms with Crippen LogP contribution in [0.25, 0.3) is 28.1 Å². The monoisotopic (exact) mass is 489 g/mol. The summed E-state index contributed by atoms with van der Waals surface area (Å²) in [6, 6.07) is 27.3. The number of benzene rings is 3. The molecule has 3 aromatic carbocycles. The third-order valence-electron chi connectivity index (χ3n) is 8.34. The fourth-order valence-corrected chi connectivity index (χ4v) is 6.46. The van der Waals surface area contributed by atoms with Crippen LogP contribution >= 0.6 is 0 Å². The normalized spacial score (nSPS) is 24.5. The van der Waals surface area contributed by atoms with Crippen molar-refractivity contribution in [3.8, 4) is 34.1 Å². The Morgan fingerprint density at radius 2 is 1.62 bits per heavy atom. The Bertz CT molecular complexity index is 1530. The van der Waals surface area contributed by atoms with E-state index in [0.29, 0.717) is 5.57 Å². The molecule has 5 heteroatoms. The fraction of sp³-hybridized carbons (Fsp3) is 0.250. The van der Waals surface area contributed by atoms with Crippen LogP contribution < -0.4 is 0 Å². The van der Waals surface area contributed by atoms with Gasteiger partial charge in [-0.3, -0.25) is 0 Å². The summed E-state index contributed by atoms with van der Waals surface area (Å²) < 4.78 is 15.8. The highest BCUT2D eigenvalue weighted by atomic mass is 19.1. The maximum absolute atomic E-state index is 13.7. The number of fused-ring (bicyclic) bond motifs is 3. The third kappa shape index (κ3) is 3.72. The van der Waals surface area contributed by atoms with E-state index in [4.69, 9.17) is 5.10 Å². The Labute approximate surface area is 216 Å². The molecule has 1 heterocycles. The predicted molar refractivity (Wildman–Crippen MR) is 142 cm³/mol. The van der Waals surface area contributed by atoms with Gasteiger partial charge in [0, 0.05) is 16.5 Å². The predicted octanol–water partition coefficient (Wildman–Crippen LogP) is 6.63. The van der Waals surface area contributed by atoms with Gasteiger partial charge in [-0.05, 0) is 72.2 Å². The zero-order chi connectivity index (χ0) is 25.7. The number of allylic oxidation sites excluding steroid dienone is 1. The summed E-state index contributed by atoms with van der Waals surface area (Å²) in [7, 11) is 0. The summed E-state index contributed by atoms with van der Waals surface area (Å²) in [5.74, 6) is -0.180. The molecular weight excluding hydrogens is 461 g/mol. The van der Waals surface area contributed by atoms with Crippen molar-refractivity contribution in [3.05, 3.63) is 108 Å². The van der Waals surface area contributed by atoms with Crippen LogP contribution in [0.2, 0.25) is 0 Å². The molecule has 0 aliphatic heterocycles. The van der Waals surface area contributed by atoms with Crippen LogP contribution in [0.5, 0.6) is 0 Å². The van der Waals surface area contributed by atoms with E-state index >= 15 is 0 Å². The Morgan fingerprint density at radius 1 is 0.973 bits per heavy atom. The van der Waals surface area contributed by atoms with Crippen molar-refractivity contribution in [2.24, 2.45) is 11.8 Å². The van der Waals surface area contributed by atoms with Gasteiger partial charge in [0.05, 0.1) is 34.8 Å². The minimum atomic E-state index is -0.761. The molecule has 37 heavy (non-hydrogen) atoms. The van der Waals surface area contributed by atoms with Crippen molar-refractivity contribution in [3.63, 3.8) is 0 Å². The molecule has 2 aliphatic rings. The average molecular weight is 490 g/mol.